The van der Waals surface area contributed by atoms with Crippen LogP contribution in [0.1, 0.15) is 5.56 Å². The lowest BCUT2D eigenvalue weighted by Crippen LogP contribution is -2.04. The lowest BCUT2D eigenvalue weighted by Gasteiger charge is -2.08. The quantitative estimate of drug-likeness (QED) is 0.783. The minimum atomic E-state index is -4.06. The predicted octanol–water partition coefficient (Wildman–Crippen LogP) is 1.98. The summed E-state index contributed by atoms with van der Waals surface area (Å²) in [7, 11) is -2.53. The lowest BCUT2D eigenvalue weighted by molar-refractivity contribution is 0.601. The van der Waals surface area contributed by atoms with Crippen LogP contribution >= 0.6 is 22.3 Å². The first-order chi connectivity index (χ1) is 7.05. The predicted molar refractivity (Wildman–Crippen MR) is 62.3 cm³/mol. The summed E-state index contributed by atoms with van der Waals surface area (Å²) in [5, 5.41) is -0.363. The van der Waals surface area contributed by atoms with Crippen LogP contribution in [0.25, 0.3) is 0 Å². The van der Waals surface area contributed by atoms with Crippen LogP contribution in [0.5, 0.6) is 0 Å². The molecule has 0 amide bonds. The molecule has 0 saturated heterocycles. The van der Waals surface area contributed by atoms with Gasteiger partial charge in [-0.2, -0.15) is 0 Å². The minimum absolute atomic E-state index is 0.212. The molecule has 0 fully saturated rings. The van der Waals surface area contributed by atoms with Gasteiger partial charge < -0.3 is 0 Å². The lowest BCUT2D eigenvalue weighted by atomic mass is 10.2. The Morgan fingerprint density at radius 2 is 1.62 bits per heavy atom. The summed E-state index contributed by atoms with van der Waals surface area (Å²) in [6.07, 6.45) is 0.950. The van der Waals surface area contributed by atoms with Crippen LogP contribution in [0, 0.1) is 6.92 Å². The zero-order valence-corrected chi connectivity index (χ0v) is 11.5. The summed E-state index contributed by atoms with van der Waals surface area (Å²) < 4.78 is 45.1. The monoisotopic (exact) mass is 302 g/mol. The Morgan fingerprint density at radius 3 is 2.00 bits per heavy atom. The van der Waals surface area contributed by atoms with Crippen LogP contribution in [0.2, 0.25) is 5.02 Å². The van der Waals surface area contributed by atoms with Gasteiger partial charge >= 0.3 is 0 Å². The van der Waals surface area contributed by atoms with E-state index in [1.54, 1.807) is 0 Å². The van der Waals surface area contributed by atoms with Crippen LogP contribution in [-0.4, -0.2) is 23.1 Å². The molecule has 0 unspecified atom stereocenters. The van der Waals surface area contributed by atoms with Crippen LogP contribution in [-0.2, 0) is 18.9 Å². The van der Waals surface area contributed by atoms with Gasteiger partial charge in [0.2, 0.25) is 0 Å². The van der Waals surface area contributed by atoms with Gasteiger partial charge in [0.1, 0.15) is 4.90 Å². The maximum Gasteiger partial charge on any atom is 0.262 e. The molecule has 0 aliphatic carbocycles. The van der Waals surface area contributed by atoms with Crippen molar-refractivity contribution in [1.82, 2.24) is 0 Å². The molecule has 1 aromatic carbocycles. The first kappa shape index (κ1) is 13.8. The maximum absolute atomic E-state index is 11.4. The fourth-order valence-electron chi connectivity index (χ4n) is 1.28. The number of sulfone groups is 1. The van der Waals surface area contributed by atoms with Crippen molar-refractivity contribution in [2.45, 2.75) is 16.7 Å². The first-order valence-corrected chi connectivity index (χ1v) is 8.57. The molecule has 0 aromatic heterocycles. The molecule has 0 aliphatic rings. The Morgan fingerprint density at radius 1 is 1.12 bits per heavy atom. The minimum Gasteiger partial charge on any atom is -0.224 e. The second-order valence-electron chi connectivity index (χ2n) is 3.23. The van der Waals surface area contributed by atoms with Crippen LogP contribution < -0.4 is 0 Å². The van der Waals surface area contributed by atoms with E-state index < -0.39 is 23.8 Å². The summed E-state index contributed by atoms with van der Waals surface area (Å²) in [6.45, 7) is 1.52. The summed E-state index contributed by atoms with van der Waals surface area (Å²) in [4.78, 5) is -0.613. The van der Waals surface area contributed by atoms with Crippen molar-refractivity contribution in [1.29, 1.82) is 0 Å². The Balaban J connectivity index is 3.79. The van der Waals surface area contributed by atoms with Gasteiger partial charge in [-0.3, -0.25) is 0 Å². The van der Waals surface area contributed by atoms with Gasteiger partial charge in [0.15, 0.2) is 9.84 Å². The van der Waals surface area contributed by atoms with E-state index in [4.69, 9.17) is 22.3 Å². The van der Waals surface area contributed by atoms with E-state index >= 15 is 0 Å². The Kier molecular flexibility index (Phi) is 3.59. The molecule has 4 nitrogen and oxygen atoms in total. The summed E-state index contributed by atoms with van der Waals surface area (Å²) in [5.41, 5.74) is 0.372. The highest BCUT2D eigenvalue weighted by molar-refractivity contribution is 8.13. The average Bonchev–Trinajstić information content (AvgIpc) is 1.97. The van der Waals surface area contributed by atoms with E-state index in [-0.39, 0.29) is 9.92 Å². The topological polar surface area (TPSA) is 68.3 Å². The van der Waals surface area contributed by atoms with Crippen LogP contribution in [0.4, 0.5) is 0 Å². The molecule has 8 heteroatoms. The maximum atomic E-state index is 11.4. The van der Waals surface area contributed by atoms with Crippen molar-refractivity contribution in [2.24, 2.45) is 0 Å². The number of halogens is 2. The molecule has 0 radical (unpaired) electrons. The van der Waals surface area contributed by atoms with Crippen molar-refractivity contribution in [3.63, 3.8) is 0 Å². The molecular weight excluding hydrogens is 295 g/mol. The molecule has 0 bridgehead atoms. The summed E-state index contributed by atoms with van der Waals surface area (Å²) in [5.74, 6) is 0. The summed E-state index contributed by atoms with van der Waals surface area (Å²) in [6, 6.07) is 2.52. The number of aryl methyl sites for hydroxylation is 1. The van der Waals surface area contributed by atoms with Gasteiger partial charge in [0, 0.05) is 16.9 Å². The van der Waals surface area contributed by atoms with Crippen molar-refractivity contribution in [3.05, 3.63) is 22.7 Å². The molecule has 1 aromatic rings. The van der Waals surface area contributed by atoms with Crippen LogP contribution in [0.15, 0.2) is 21.9 Å². The van der Waals surface area contributed by atoms with Gasteiger partial charge in [-0.05, 0) is 18.6 Å². The van der Waals surface area contributed by atoms with Gasteiger partial charge in [0.25, 0.3) is 9.05 Å². The van der Waals surface area contributed by atoms with E-state index in [9.17, 15) is 16.8 Å². The largest absolute Gasteiger partial charge is 0.262 e. The standard InChI is InChI=1S/C8H8Cl2O4S2/c1-5-3-4-6(16(10,13)14)7(9)8(5)15(2,11)12/h3-4H,1-2H3. The van der Waals surface area contributed by atoms with E-state index in [1.807, 2.05) is 0 Å². The zero-order valence-electron chi connectivity index (χ0n) is 8.36. The van der Waals surface area contributed by atoms with Gasteiger partial charge in [-0.15, -0.1) is 0 Å². The van der Waals surface area contributed by atoms with Crippen molar-refractivity contribution in [3.8, 4) is 0 Å². The Bertz CT molecular complexity index is 632. The second kappa shape index (κ2) is 4.18. The molecule has 0 heterocycles. The van der Waals surface area contributed by atoms with Gasteiger partial charge in [-0.25, -0.2) is 16.8 Å². The average molecular weight is 303 g/mol. The third kappa shape index (κ3) is 2.68. The smallest absolute Gasteiger partial charge is 0.224 e. The molecule has 0 spiro atoms. The van der Waals surface area contributed by atoms with E-state index in [0.717, 1.165) is 6.26 Å². The molecule has 90 valence electrons. The molecular formula is C8H8Cl2O4S2. The third-order valence-electron chi connectivity index (χ3n) is 1.89. The fourth-order valence-corrected chi connectivity index (χ4v) is 4.42. The fraction of sp³-hybridized carbons (Fsp3) is 0.250. The highest BCUT2D eigenvalue weighted by atomic mass is 35.7. The SMILES string of the molecule is Cc1ccc(S(=O)(=O)Cl)c(Cl)c1S(C)(=O)=O. The molecule has 0 saturated carbocycles. The van der Waals surface area contributed by atoms with E-state index in [1.165, 1.54) is 19.1 Å². The second-order valence-corrected chi connectivity index (χ2v) is 8.10. The highest BCUT2D eigenvalue weighted by Crippen LogP contribution is 2.33. The van der Waals surface area contributed by atoms with Crippen molar-refractivity contribution in [2.75, 3.05) is 6.26 Å². The molecule has 0 atom stereocenters. The molecule has 16 heavy (non-hydrogen) atoms. The Hall–Kier alpha value is -0.300. The molecule has 0 aliphatic heterocycles. The number of hydrogen-bond acceptors (Lipinski definition) is 4. The van der Waals surface area contributed by atoms with Gasteiger partial charge in [0.05, 0.1) is 9.92 Å². The van der Waals surface area contributed by atoms with Gasteiger partial charge in [-0.1, -0.05) is 17.7 Å². The van der Waals surface area contributed by atoms with Crippen molar-refractivity contribution < 1.29 is 16.8 Å². The first-order valence-electron chi connectivity index (χ1n) is 3.99. The number of benzene rings is 1. The van der Waals surface area contributed by atoms with E-state index in [0.29, 0.717) is 5.56 Å². The van der Waals surface area contributed by atoms with Crippen LogP contribution in [0.3, 0.4) is 0 Å². The normalized spacial score (nSPS) is 12.8. The highest BCUT2D eigenvalue weighted by Gasteiger charge is 2.23. The van der Waals surface area contributed by atoms with Crippen molar-refractivity contribution >= 4 is 41.2 Å². The number of hydrogen-bond donors (Lipinski definition) is 0. The number of rotatable bonds is 2. The third-order valence-corrected chi connectivity index (χ3v) is 5.14. The molecule has 1 rings (SSSR count). The zero-order chi connectivity index (χ0) is 12.7. The molecule has 0 N–H and O–H groups in total. The summed E-state index contributed by atoms with van der Waals surface area (Å²) >= 11 is 5.74. The Labute approximate surface area is 104 Å². The van der Waals surface area contributed by atoms with E-state index in [2.05, 4.69) is 0 Å².